The van der Waals surface area contributed by atoms with Gasteiger partial charge in [0.1, 0.15) is 12.1 Å². The van der Waals surface area contributed by atoms with E-state index in [2.05, 4.69) is 30.2 Å². The predicted octanol–water partition coefficient (Wildman–Crippen LogP) is 5.53. The first kappa shape index (κ1) is 21.9. The minimum Gasteiger partial charge on any atom is -0.339 e. The molecule has 8 nitrogen and oxygen atoms in total. The van der Waals surface area contributed by atoms with Crippen LogP contribution in [0.1, 0.15) is 5.56 Å². The van der Waals surface area contributed by atoms with E-state index in [0.29, 0.717) is 33.3 Å². The highest BCUT2D eigenvalue weighted by Crippen LogP contribution is 2.32. The summed E-state index contributed by atoms with van der Waals surface area (Å²) in [6, 6.07) is 21.0. The number of sulfonamides is 1. The average Bonchev–Trinajstić information content (AvgIpc) is 3.25. The molecule has 0 saturated heterocycles. The van der Waals surface area contributed by atoms with Crippen molar-refractivity contribution in [2.45, 2.75) is 11.8 Å². The Balaban J connectivity index is 1.45. The van der Waals surface area contributed by atoms with Crippen LogP contribution in [0.2, 0.25) is 5.02 Å². The number of nitrogens with one attached hydrogen (secondary N) is 3. The van der Waals surface area contributed by atoms with E-state index >= 15 is 0 Å². The van der Waals surface area contributed by atoms with Crippen LogP contribution in [0.25, 0.3) is 22.3 Å². The third-order valence-electron chi connectivity index (χ3n) is 5.20. The summed E-state index contributed by atoms with van der Waals surface area (Å²) in [4.78, 5) is 8.83. The van der Waals surface area contributed by atoms with Crippen LogP contribution < -0.4 is 10.0 Å². The number of hydrogen-bond donors (Lipinski definition) is 3. The van der Waals surface area contributed by atoms with Crippen LogP contribution in [-0.2, 0) is 10.0 Å². The highest BCUT2D eigenvalue weighted by molar-refractivity contribution is 7.92. The minimum atomic E-state index is -3.69. The van der Waals surface area contributed by atoms with Crippen molar-refractivity contribution in [2.75, 3.05) is 10.0 Å². The van der Waals surface area contributed by atoms with Gasteiger partial charge in [0.2, 0.25) is 0 Å². The number of aromatic amines is 1. The summed E-state index contributed by atoms with van der Waals surface area (Å²) in [6.07, 6.45) is 1.43. The molecule has 0 aliphatic rings. The van der Waals surface area contributed by atoms with Gasteiger partial charge in [-0.3, -0.25) is 9.82 Å². The summed E-state index contributed by atoms with van der Waals surface area (Å²) >= 11 is 6.10. The number of rotatable bonds is 6. The monoisotopic (exact) mass is 490 g/mol. The SMILES string of the molecule is Cc1ccc(S(=O)(=O)Nc2ccc(-c3[nH]nc4ncnc(Nc5cccc(Cl)c5)c34)cc2)cc1. The van der Waals surface area contributed by atoms with E-state index in [9.17, 15) is 8.42 Å². The van der Waals surface area contributed by atoms with E-state index < -0.39 is 10.0 Å². The molecule has 0 spiro atoms. The lowest BCUT2D eigenvalue weighted by atomic mass is 10.1. The van der Waals surface area contributed by atoms with Gasteiger partial charge in [-0.15, -0.1) is 0 Å². The number of anilines is 3. The van der Waals surface area contributed by atoms with E-state index in [1.54, 1.807) is 60.7 Å². The number of aryl methyl sites for hydroxylation is 1. The summed E-state index contributed by atoms with van der Waals surface area (Å²) in [5.41, 5.74) is 4.21. The number of nitrogens with zero attached hydrogens (tertiary/aromatic N) is 3. The van der Waals surface area contributed by atoms with E-state index in [4.69, 9.17) is 11.6 Å². The Hall–Kier alpha value is -3.95. The smallest absolute Gasteiger partial charge is 0.261 e. The number of H-pyrrole nitrogens is 1. The lowest BCUT2D eigenvalue weighted by Crippen LogP contribution is -2.12. The van der Waals surface area contributed by atoms with E-state index in [0.717, 1.165) is 16.8 Å². The summed E-state index contributed by atoms with van der Waals surface area (Å²) in [7, 11) is -3.69. The molecule has 0 fully saturated rings. The van der Waals surface area contributed by atoms with Crippen molar-refractivity contribution in [3.8, 4) is 11.3 Å². The van der Waals surface area contributed by atoms with Crippen molar-refractivity contribution in [2.24, 2.45) is 0 Å². The molecule has 3 N–H and O–H groups in total. The van der Waals surface area contributed by atoms with Gasteiger partial charge in [-0.2, -0.15) is 5.10 Å². The van der Waals surface area contributed by atoms with Crippen molar-refractivity contribution < 1.29 is 8.42 Å². The second kappa shape index (κ2) is 8.77. The normalized spacial score (nSPS) is 11.5. The van der Waals surface area contributed by atoms with Crippen LogP contribution in [0.4, 0.5) is 17.2 Å². The van der Waals surface area contributed by atoms with E-state index in [1.165, 1.54) is 6.33 Å². The fourth-order valence-electron chi connectivity index (χ4n) is 3.50. The summed E-state index contributed by atoms with van der Waals surface area (Å²) in [6.45, 7) is 1.91. The molecule has 0 radical (unpaired) electrons. The molecule has 0 aliphatic heterocycles. The van der Waals surface area contributed by atoms with Gasteiger partial charge in [0.15, 0.2) is 5.65 Å². The molecular weight excluding hydrogens is 472 g/mol. The second-order valence-electron chi connectivity index (χ2n) is 7.65. The Bertz CT molecular complexity index is 1580. The van der Waals surface area contributed by atoms with Gasteiger partial charge in [-0.25, -0.2) is 18.4 Å². The molecular formula is C24H19ClN6O2S. The Morgan fingerprint density at radius 1 is 0.912 bits per heavy atom. The molecule has 0 atom stereocenters. The third-order valence-corrected chi connectivity index (χ3v) is 6.83. The molecule has 0 aliphatic carbocycles. The third kappa shape index (κ3) is 4.43. The zero-order chi connectivity index (χ0) is 23.7. The first-order valence-electron chi connectivity index (χ1n) is 10.3. The standard InChI is InChI=1S/C24H19ClN6O2S/c1-15-5-11-20(12-6-15)34(32,33)31-18-9-7-16(8-10-18)22-21-23(26-14-27-24(21)30-29-22)28-19-4-2-3-17(25)13-19/h2-14,31H,1H3,(H2,26,27,28,29,30). The predicted molar refractivity (Wildman–Crippen MR) is 134 cm³/mol. The number of hydrogen-bond acceptors (Lipinski definition) is 6. The van der Waals surface area contributed by atoms with Crippen molar-refractivity contribution in [1.29, 1.82) is 0 Å². The Morgan fingerprint density at radius 3 is 2.41 bits per heavy atom. The fourth-order valence-corrected chi connectivity index (χ4v) is 4.75. The topological polar surface area (TPSA) is 113 Å². The molecule has 0 amide bonds. The molecule has 3 aromatic carbocycles. The molecule has 170 valence electrons. The molecule has 10 heteroatoms. The van der Waals surface area contributed by atoms with Gasteiger partial charge < -0.3 is 5.32 Å². The van der Waals surface area contributed by atoms with Gasteiger partial charge in [-0.05, 0) is 49.4 Å². The maximum Gasteiger partial charge on any atom is 0.261 e. The molecule has 2 heterocycles. The Labute approximate surface area is 201 Å². The second-order valence-corrected chi connectivity index (χ2v) is 9.77. The van der Waals surface area contributed by atoms with Crippen molar-refractivity contribution >= 4 is 49.9 Å². The molecule has 34 heavy (non-hydrogen) atoms. The van der Waals surface area contributed by atoms with Crippen LogP contribution in [0, 0.1) is 6.92 Å². The van der Waals surface area contributed by atoms with Crippen LogP contribution in [0.5, 0.6) is 0 Å². The van der Waals surface area contributed by atoms with Crippen LogP contribution in [0.15, 0.2) is 84.0 Å². The molecule has 2 aromatic heterocycles. The van der Waals surface area contributed by atoms with Gasteiger partial charge in [-0.1, -0.05) is 47.5 Å². The first-order chi connectivity index (χ1) is 16.4. The molecule has 0 unspecified atom stereocenters. The highest BCUT2D eigenvalue weighted by Gasteiger charge is 2.16. The Kier molecular flexibility index (Phi) is 5.64. The van der Waals surface area contributed by atoms with Crippen molar-refractivity contribution in [1.82, 2.24) is 20.2 Å². The quantitative estimate of drug-likeness (QED) is 0.288. The molecule has 5 rings (SSSR count). The van der Waals surface area contributed by atoms with E-state index in [-0.39, 0.29) is 4.90 Å². The maximum absolute atomic E-state index is 12.7. The average molecular weight is 491 g/mol. The first-order valence-corrected chi connectivity index (χ1v) is 12.2. The fraction of sp³-hybridized carbons (Fsp3) is 0.0417. The number of halogens is 1. The van der Waals surface area contributed by atoms with Gasteiger partial charge in [0.25, 0.3) is 10.0 Å². The summed E-state index contributed by atoms with van der Waals surface area (Å²) in [5.74, 6) is 0.570. The molecule has 5 aromatic rings. The summed E-state index contributed by atoms with van der Waals surface area (Å²) < 4.78 is 28.0. The molecule has 0 saturated carbocycles. The van der Waals surface area contributed by atoms with Crippen LogP contribution >= 0.6 is 11.6 Å². The van der Waals surface area contributed by atoms with Gasteiger partial charge >= 0.3 is 0 Å². The van der Waals surface area contributed by atoms with Gasteiger partial charge in [0, 0.05) is 22.0 Å². The Morgan fingerprint density at radius 2 is 1.68 bits per heavy atom. The van der Waals surface area contributed by atoms with Gasteiger partial charge in [0.05, 0.1) is 16.0 Å². The van der Waals surface area contributed by atoms with E-state index in [1.807, 2.05) is 19.1 Å². The lowest BCUT2D eigenvalue weighted by Gasteiger charge is -2.10. The maximum atomic E-state index is 12.7. The zero-order valence-electron chi connectivity index (χ0n) is 17.9. The number of aromatic nitrogens is 4. The zero-order valence-corrected chi connectivity index (χ0v) is 19.5. The van der Waals surface area contributed by atoms with Crippen molar-refractivity contribution in [3.63, 3.8) is 0 Å². The lowest BCUT2D eigenvalue weighted by molar-refractivity contribution is 0.601. The number of benzene rings is 3. The minimum absolute atomic E-state index is 0.204. The molecule has 0 bridgehead atoms. The summed E-state index contributed by atoms with van der Waals surface area (Å²) in [5, 5.41) is 11.9. The van der Waals surface area contributed by atoms with Crippen LogP contribution in [-0.4, -0.2) is 28.6 Å². The van der Waals surface area contributed by atoms with Crippen molar-refractivity contribution in [3.05, 3.63) is 89.7 Å². The highest BCUT2D eigenvalue weighted by atomic mass is 35.5. The van der Waals surface area contributed by atoms with Crippen LogP contribution in [0.3, 0.4) is 0 Å². The number of fused-ring (bicyclic) bond motifs is 1. The largest absolute Gasteiger partial charge is 0.339 e.